The fourth-order valence-electron chi connectivity index (χ4n) is 10.6. The summed E-state index contributed by atoms with van der Waals surface area (Å²) in [5.74, 6) is -2.24. The summed E-state index contributed by atoms with van der Waals surface area (Å²) in [6, 6.07) is 0. The maximum atomic E-state index is 13.1. The summed E-state index contributed by atoms with van der Waals surface area (Å²) in [6.07, 6.45) is 84.6. The van der Waals surface area contributed by atoms with Crippen LogP contribution < -0.4 is 0 Å². The monoisotopic (exact) mass is 1500 g/mol. The third-order valence-corrected chi connectivity index (χ3v) is 18.8. The number of esters is 4. The zero-order valence-corrected chi connectivity index (χ0v) is 67.2. The van der Waals surface area contributed by atoms with Crippen molar-refractivity contribution in [3.63, 3.8) is 0 Å². The number of unbranched alkanes of at least 4 members (excludes halogenated alkanes) is 30. The quantitative estimate of drug-likeness (QED) is 0.0169. The van der Waals surface area contributed by atoms with E-state index in [0.717, 1.165) is 186 Å². The van der Waals surface area contributed by atoms with Crippen molar-refractivity contribution in [2.45, 2.75) is 354 Å². The van der Waals surface area contributed by atoms with Crippen LogP contribution in [-0.2, 0) is 65.4 Å². The second-order valence-corrected chi connectivity index (χ2v) is 29.9. The van der Waals surface area contributed by atoms with E-state index in [1.54, 1.807) is 0 Å². The molecule has 0 fully saturated rings. The van der Waals surface area contributed by atoms with Crippen molar-refractivity contribution in [3.8, 4) is 0 Å². The van der Waals surface area contributed by atoms with E-state index >= 15 is 0 Å². The van der Waals surface area contributed by atoms with Gasteiger partial charge in [0.1, 0.15) is 19.3 Å². The molecule has 104 heavy (non-hydrogen) atoms. The van der Waals surface area contributed by atoms with E-state index in [1.165, 1.54) is 70.6 Å². The number of phosphoric ester groups is 2. The Labute approximate surface area is 632 Å². The maximum absolute atomic E-state index is 13.1. The van der Waals surface area contributed by atoms with Crippen LogP contribution in [0.4, 0.5) is 0 Å². The molecule has 3 N–H and O–H groups in total. The zero-order chi connectivity index (χ0) is 76.0. The number of rotatable bonds is 76. The van der Waals surface area contributed by atoms with Crippen molar-refractivity contribution in [2.75, 3.05) is 39.6 Å². The molecule has 0 amide bonds. The molecule has 0 aliphatic rings. The first-order chi connectivity index (χ1) is 50.7. The van der Waals surface area contributed by atoms with Crippen LogP contribution in [0.3, 0.4) is 0 Å². The molecular weight excluding hydrogens is 1350 g/mol. The van der Waals surface area contributed by atoms with Gasteiger partial charge in [-0.15, -0.1) is 0 Å². The van der Waals surface area contributed by atoms with Crippen LogP contribution in [0, 0.1) is 0 Å². The molecular formula is C85H146O17P2. The standard InChI is InChI=1S/C85H146O17P2/c1-5-9-13-17-21-25-29-32-35-37-39-41-44-46-50-53-57-61-65-69-82(87)95-75-80(101-84(89)71-67-63-59-55-49-28-24-20-16-12-8-4)77-99-103(91,92)97-73-79(86)74-98-104(93,94)100-78-81(102-85(90)72-68-64-60-56-52-48-43-34-31-27-23-19-15-11-7-3)76-96-83(88)70-66-62-58-54-51-47-45-42-40-38-36-33-30-26-22-18-14-10-6-2/h10,14,20-22,24-26,32-36,39-43,47,51,79-81,86H,5-9,11-13,15-19,23,27-31,37-38,44-46,48-50,52-78H2,1-4H3,(H,91,92)(H,93,94)/b14-10-,24-20-,25-21-,26-22-,35-32-,36-33-,41-39-,42-40-,43-34-,51-47-. The summed E-state index contributed by atoms with van der Waals surface area (Å²) in [5, 5.41) is 10.6. The summed E-state index contributed by atoms with van der Waals surface area (Å²) in [7, 11) is -9.97. The average molecular weight is 1500 g/mol. The van der Waals surface area contributed by atoms with Gasteiger partial charge in [-0.05, 0) is 154 Å². The van der Waals surface area contributed by atoms with Gasteiger partial charge in [-0.1, -0.05) is 278 Å². The first kappa shape index (κ1) is 99.5. The van der Waals surface area contributed by atoms with E-state index in [-0.39, 0.29) is 25.7 Å². The first-order valence-electron chi connectivity index (χ1n) is 40.8. The Morgan fingerprint density at radius 3 is 0.837 bits per heavy atom. The molecule has 0 spiro atoms. The third kappa shape index (κ3) is 75.7. The molecule has 0 saturated carbocycles. The summed E-state index contributed by atoms with van der Waals surface area (Å²) >= 11 is 0. The Balaban J connectivity index is 5.36. The fraction of sp³-hybridized carbons (Fsp3) is 0.718. The van der Waals surface area contributed by atoms with Gasteiger partial charge in [-0.2, -0.15) is 0 Å². The molecule has 19 heteroatoms. The Hall–Kier alpha value is -4.54. The van der Waals surface area contributed by atoms with Crippen LogP contribution in [0.15, 0.2) is 122 Å². The minimum atomic E-state index is -4.99. The fourth-order valence-corrected chi connectivity index (χ4v) is 12.2. The van der Waals surface area contributed by atoms with Crippen molar-refractivity contribution < 1.29 is 80.2 Å². The number of hydrogen-bond donors (Lipinski definition) is 3. The number of hydrogen-bond acceptors (Lipinski definition) is 15. The highest BCUT2D eigenvalue weighted by Crippen LogP contribution is 2.45. The Bertz CT molecular complexity index is 2440. The molecule has 598 valence electrons. The van der Waals surface area contributed by atoms with Crippen molar-refractivity contribution in [1.29, 1.82) is 0 Å². The zero-order valence-electron chi connectivity index (χ0n) is 65.4. The third-order valence-electron chi connectivity index (χ3n) is 16.9. The highest BCUT2D eigenvalue weighted by molar-refractivity contribution is 7.47. The van der Waals surface area contributed by atoms with Crippen molar-refractivity contribution in [1.82, 2.24) is 0 Å². The van der Waals surface area contributed by atoms with Crippen LogP contribution in [0.5, 0.6) is 0 Å². The van der Waals surface area contributed by atoms with Crippen molar-refractivity contribution in [2.24, 2.45) is 0 Å². The lowest BCUT2D eigenvalue weighted by Crippen LogP contribution is -2.30. The smallest absolute Gasteiger partial charge is 0.462 e. The molecule has 0 bridgehead atoms. The van der Waals surface area contributed by atoms with Gasteiger partial charge >= 0.3 is 39.5 Å². The molecule has 5 atom stereocenters. The van der Waals surface area contributed by atoms with Crippen LogP contribution >= 0.6 is 15.6 Å². The second kappa shape index (κ2) is 76.6. The normalized spacial score (nSPS) is 14.5. The van der Waals surface area contributed by atoms with Crippen LogP contribution in [0.1, 0.15) is 336 Å². The second-order valence-electron chi connectivity index (χ2n) is 27.0. The Morgan fingerprint density at radius 2 is 0.510 bits per heavy atom. The molecule has 0 aromatic rings. The molecule has 0 saturated heterocycles. The Morgan fingerprint density at radius 1 is 0.279 bits per heavy atom. The average Bonchev–Trinajstić information content (AvgIpc) is 0.929. The van der Waals surface area contributed by atoms with Gasteiger partial charge in [-0.3, -0.25) is 37.3 Å². The molecule has 17 nitrogen and oxygen atoms in total. The minimum Gasteiger partial charge on any atom is -0.462 e. The minimum absolute atomic E-state index is 0.0757. The number of aliphatic hydroxyl groups excluding tert-OH is 1. The van der Waals surface area contributed by atoms with E-state index in [0.29, 0.717) is 25.7 Å². The molecule has 0 aromatic heterocycles. The highest BCUT2D eigenvalue weighted by atomic mass is 31.2. The van der Waals surface area contributed by atoms with Crippen molar-refractivity contribution in [3.05, 3.63) is 122 Å². The van der Waals surface area contributed by atoms with Crippen LogP contribution in [0.2, 0.25) is 0 Å². The largest absolute Gasteiger partial charge is 0.472 e. The lowest BCUT2D eigenvalue weighted by atomic mass is 10.1. The van der Waals surface area contributed by atoms with E-state index in [4.69, 9.17) is 37.0 Å². The topological polar surface area (TPSA) is 237 Å². The van der Waals surface area contributed by atoms with Gasteiger partial charge < -0.3 is 33.8 Å². The SMILES string of the molecule is CC/C=C\C/C=C\C/C=C\C/C=C\C/C=C\CCCCCC(=O)OCC(COP(=O)(O)OCC(O)COP(=O)(O)OCC(COC(=O)CCCCCCCC/C=C\C/C=C\C/C=C\CCCCC)OC(=O)CCCCCCC/C=C\CCCC)OC(=O)CCCCCCC/C=C\CCCCCCCC. The first-order valence-corrected chi connectivity index (χ1v) is 43.8. The Kier molecular flexibility index (Phi) is 73.3. The number of carbonyl (C=O) groups excluding carboxylic acids is 4. The molecule has 0 aliphatic heterocycles. The van der Waals surface area contributed by atoms with Gasteiger partial charge in [0.15, 0.2) is 12.2 Å². The molecule has 0 rings (SSSR count). The molecule has 0 aliphatic carbocycles. The number of phosphoric acid groups is 2. The summed E-state index contributed by atoms with van der Waals surface area (Å²) in [6.45, 7) is 4.64. The predicted molar refractivity (Wildman–Crippen MR) is 427 cm³/mol. The van der Waals surface area contributed by atoms with E-state index < -0.39 is 97.5 Å². The predicted octanol–water partition coefficient (Wildman–Crippen LogP) is 23.9. The summed E-state index contributed by atoms with van der Waals surface area (Å²) in [4.78, 5) is 73.0. The number of allylic oxidation sites excluding steroid dienone is 20. The van der Waals surface area contributed by atoms with Crippen molar-refractivity contribution >= 4 is 39.5 Å². The highest BCUT2D eigenvalue weighted by Gasteiger charge is 2.30. The van der Waals surface area contributed by atoms with Gasteiger partial charge in [0.2, 0.25) is 0 Å². The molecule has 0 heterocycles. The van der Waals surface area contributed by atoms with E-state index in [2.05, 4.69) is 149 Å². The number of ether oxygens (including phenoxy) is 4. The van der Waals surface area contributed by atoms with Gasteiger partial charge in [0, 0.05) is 25.7 Å². The van der Waals surface area contributed by atoms with Crippen LogP contribution in [-0.4, -0.2) is 96.7 Å². The molecule has 0 aromatic carbocycles. The lowest BCUT2D eigenvalue weighted by Gasteiger charge is -2.21. The molecule has 0 radical (unpaired) electrons. The van der Waals surface area contributed by atoms with Crippen LogP contribution in [0.25, 0.3) is 0 Å². The summed E-state index contributed by atoms with van der Waals surface area (Å²) in [5.41, 5.74) is 0. The molecule has 5 unspecified atom stereocenters. The maximum Gasteiger partial charge on any atom is 0.472 e. The van der Waals surface area contributed by atoms with E-state index in [1.807, 2.05) is 0 Å². The van der Waals surface area contributed by atoms with Gasteiger partial charge in [0.05, 0.1) is 26.4 Å². The number of carbonyl (C=O) groups is 4. The summed E-state index contributed by atoms with van der Waals surface area (Å²) < 4.78 is 68.6. The lowest BCUT2D eigenvalue weighted by molar-refractivity contribution is -0.161. The van der Waals surface area contributed by atoms with Gasteiger partial charge in [-0.25, -0.2) is 9.13 Å². The van der Waals surface area contributed by atoms with E-state index in [9.17, 15) is 43.2 Å². The van der Waals surface area contributed by atoms with Gasteiger partial charge in [0.25, 0.3) is 0 Å². The number of aliphatic hydroxyl groups is 1.